The van der Waals surface area contributed by atoms with Gasteiger partial charge in [0, 0.05) is 35.5 Å². The van der Waals surface area contributed by atoms with Crippen molar-refractivity contribution in [1.29, 1.82) is 0 Å². The SMILES string of the molecule is CCCCc1cc(C)n(-c2nccc(OC)n2)c(=O)c1Cc1ccc(-c2ccccc2-c2nnn[nH]2)cc1. The molecule has 0 fully saturated rings. The number of aryl methyl sites for hydroxylation is 2. The van der Waals surface area contributed by atoms with Crippen molar-refractivity contribution in [2.24, 2.45) is 0 Å². The molecular weight excluding hydrogens is 478 g/mol. The van der Waals surface area contributed by atoms with E-state index in [1.807, 2.05) is 31.2 Å². The lowest BCUT2D eigenvalue weighted by Gasteiger charge is -2.16. The van der Waals surface area contributed by atoms with Crippen molar-refractivity contribution >= 4 is 0 Å². The quantitative estimate of drug-likeness (QED) is 0.307. The average Bonchev–Trinajstić information content (AvgIpc) is 3.49. The molecule has 192 valence electrons. The zero-order valence-electron chi connectivity index (χ0n) is 21.7. The van der Waals surface area contributed by atoms with Crippen LogP contribution in [0.15, 0.2) is 71.7 Å². The molecule has 3 heterocycles. The Morgan fingerprint density at radius 3 is 2.53 bits per heavy atom. The van der Waals surface area contributed by atoms with Gasteiger partial charge in [-0.25, -0.2) is 14.6 Å². The summed E-state index contributed by atoms with van der Waals surface area (Å²) in [5.41, 5.74) is 6.56. The summed E-state index contributed by atoms with van der Waals surface area (Å²) in [7, 11) is 1.55. The number of nitrogens with one attached hydrogen (secondary N) is 1. The van der Waals surface area contributed by atoms with Crippen LogP contribution in [-0.4, -0.2) is 42.3 Å². The molecule has 0 saturated heterocycles. The summed E-state index contributed by atoms with van der Waals surface area (Å²) >= 11 is 0. The number of ether oxygens (including phenoxy) is 1. The first-order valence-corrected chi connectivity index (χ1v) is 12.6. The fourth-order valence-corrected chi connectivity index (χ4v) is 4.64. The van der Waals surface area contributed by atoms with E-state index in [0.29, 0.717) is 24.1 Å². The number of nitrogens with zero attached hydrogens (tertiary/aromatic N) is 6. The number of methoxy groups -OCH3 is 1. The molecule has 0 unspecified atom stereocenters. The lowest BCUT2D eigenvalue weighted by molar-refractivity contribution is 0.396. The van der Waals surface area contributed by atoms with E-state index in [9.17, 15) is 4.79 Å². The predicted octanol–water partition coefficient (Wildman–Crippen LogP) is 4.73. The maximum Gasteiger partial charge on any atom is 0.261 e. The van der Waals surface area contributed by atoms with Crippen LogP contribution in [0.25, 0.3) is 28.5 Å². The largest absolute Gasteiger partial charge is 0.481 e. The Kier molecular flexibility index (Phi) is 7.35. The van der Waals surface area contributed by atoms with Crippen molar-refractivity contribution in [3.63, 3.8) is 0 Å². The molecule has 9 nitrogen and oxygen atoms in total. The number of tetrazole rings is 1. The molecule has 0 amide bonds. The topological polar surface area (TPSA) is 111 Å². The van der Waals surface area contributed by atoms with Gasteiger partial charge in [-0.2, -0.15) is 4.98 Å². The molecule has 0 saturated carbocycles. The second-order valence-electron chi connectivity index (χ2n) is 9.10. The summed E-state index contributed by atoms with van der Waals surface area (Å²) in [6, 6.07) is 20.0. The Balaban J connectivity index is 1.52. The highest BCUT2D eigenvalue weighted by atomic mass is 16.5. The molecule has 3 aromatic heterocycles. The van der Waals surface area contributed by atoms with Crippen LogP contribution in [0.5, 0.6) is 5.88 Å². The van der Waals surface area contributed by atoms with Crippen LogP contribution < -0.4 is 10.3 Å². The molecule has 2 aromatic carbocycles. The third-order valence-electron chi connectivity index (χ3n) is 6.58. The molecule has 0 spiro atoms. The summed E-state index contributed by atoms with van der Waals surface area (Å²) < 4.78 is 6.83. The minimum Gasteiger partial charge on any atom is -0.481 e. The van der Waals surface area contributed by atoms with Crippen LogP contribution in [0.2, 0.25) is 0 Å². The summed E-state index contributed by atoms with van der Waals surface area (Å²) in [4.78, 5) is 22.6. The minimum absolute atomic E-state index is 0.100. The van der Waals surface area contributed by atoms with Crippen molar-refractivity contribution in [2.75, 3.05) is 7.11 Å². The fraction of sp³-hybridized carbons (Fsp3) is 0.241. The van der Waals surface area contributed by atoms with Crippen LogP contribution in [0.1, 0.15) is 42.1 Å². The Hall–Kier alpha value is -4.66. The molecular formula is C29H29N7O2. The van der Waals surface area contributed by atoms with Crippen molar-refractivity contribution in [3.05, 3.63) is 99.6 Å². The van der Waals surface area contributed by atoms with Crippen LogP contribution in [0.3, 0.4) is 0 Å². The summed E-state index contributed by atoms with van der Waals surface area (Å²) in [5.74, 6) is 1.34. The van der Waals surface area contributed by atoms with Gasteiger partial charge in [-0.3, -0.25) is 4.79 Å². The second-order valence-corrected chi connectivity index (χ2v) is 9.10. The van der Waals surface area contributed by atoms with Crippen LogP contribution in [0.4, 0.5) is 0 Å². The Morgan fingerprint density at radius 2 is 1.82 bits per heavy atom. The van der Waals surface area contributed by atoms with E-state index in [2.05, 4.69) is 67.8 Å². The van der Waals surface area contributed by atoms with Gasteiger partial charge < -0.3 is 4.74 Å². The van der Waals surface area contributed by atoms with Crippen molar-refractivity contribution in [3.8, 4) is 34.3 Å². The van der Waals surface area contributed by atoms with Gasteiger partial charge in [0.05, 0.1) is 7.11 Å². The Morgan fingerprint density at radius 1 is 1.03 bits per heavy atom. The molecule has 0 aliphatic rings. The van der Waals surface area contributed by atoms with Crippen LogP contribution in [-0.2, 0) is 12.8 Å². The molecule has 0 bridgehead atoms. The number of hydrogen-bond acceptors (Lipinski definition) is 7. The van der Waals surface area contributed by atoms with E-state index < -0.39 is 0 Å². The van der Waals surface area contributed by atoms with E-state index in [4.69, 9.17) is 4.74 Å². The normalized spacial score (nSPS) is 11.0. The molecule has 0 aliphatic carbocycles. The smallest absolute Gasteiger partial charge is 0.261 e. The van der Waals surface area contributed by atoms with E-state index >= 15 is 0 Å². The zero-order valence-corrected chi connectivity index (χ0v) is 21.7. The second kappa shape index (κ2) is 11.2. The zero-order chi connectivity index (χ0) is 26.5. The Bertz CT molecular complexity index is 1590. The molecule has 9 heteroatoms. The van der Waals surface area contributed by atoms with Crippen molar-refractivity contribution < 1.29 is 4.74 Å². The summed E-state index contributed by atoms with van der Waals surface area (Å²) in [6.45, 7) is 4.07. The predicted molar refractivity (Wildman–Crippen MR) is 145 cm³/mol. The van der Waals surface area contributed by atoms with E-state index in [-0.39, 0.29) is 5.56 Å². The van der Waals surface area contributed by atoms with Gasteiger partial charge in [0.1, 0.15) is 0 Å². The van der Waals surface area contributed by atoms with Gasteiger partial charge >= 0.3 is 0 Å². The first kappa shape index (κ1) is 25.0. The van der Waals surface area contributed by atoms with E-state index in [1.165, 1.54) is 0 Å². The molecule has 38 heavy (non-hydrogen) atoms. The van der Waals surface area contributed by atoms with Gasteiger partial charge in [0.2, 0.25) is 11.8 Å². The number of benzene rings is 2. The number of rotatable bonds is 9. The highest BCUT2D eigenvalue weighted by molar-refractivity contribution is 5.80. The van der Waals surface area contributed by atoms with Gasteiger partial charge in [-0.15, -0.1) is 5.10 Å². The number of hydrogen-bond donors (Lipinski definition) is 1. The highest BCUT2D eigenvalue weighted by Gasteiger charge is 2.17. The fourth-order valence-electron chi connectivity index (χ4n) is 4.64. The lowest BCUT2D eigenvalue weighted by Crippen LogP contribution is -2.28. The van der Waals surface area contributed by atoms with Crippen molar-refractivity contribution in [2.45, 2.75) is 39.5 Å². The van der Waals surface area contributed by atoms with E-state index in [1.54, 1.807) is 23.9 Å². The van der Waals surface area contributed by atoms with E-state index in [0.717, 1.165) is 58.3 Å². The third-order valence-corrected chi connectivity index (χ3v) is 6.58. The van der Waals surface area contributed by atoms with Crippen LogP contribution in [0, 0.1) is 6.92 Å². The van der Waals surface area contributed by atoms with Crippen molar-refractivity contribution in [1.82, 2.24) is 35.2 Å². The lowest BCUT2D eigenvalue weighted by atomic mass is 9.94. The molecule has 1 N–H and O–H groups in total. The van der Waals surface area contributed by atoms with Gasteiger partial charge in [0.25, 0.3) is 5.56 Å². The third kappa shape index (κ3) is 5.08. The number of unbranched alkanes of at least 4 members (excludes halogenated alkanes) is 1. The molecule has 0 radical (unpaired) electrons. The summed E-state index contributed by atoms with van der Waals surface area (Å²) in [5, 5.41) is 14.3. The maximum atomic E-state index is 13.9. The van der Waals surface area contributed by atoms with Gasteiger partial charge in [0.15, 0.2) is 5.82 Å². The standard InChI is InChI=1S/C29H29N7O2/c1-4-5-8-22-17-19(2)36(29-30-16-15-26(31-29)38-3)28(37)25(22)18-20-11-13-21(14-12-20)23-9-6-7-10-24(23)27-32-34-35-33-27/h6-7,9-17H,4-5,8,18H2,1-3H3,(H,32,33,34,35). The van der Waals surface area contributed by atoms with Gasteiger partial charge in [-0.05, 0) is 58.5 Å². The first-order chi connectivity index (χ1) is 18.6. The molecule has 0 atom stereocenters. The molecule has 0 aliphatic heterocycles. The van der Waals surface area contributed by atoms with Gasteiger partial charge in [-0.1, -0.05) is 61.9 Å². The maximum absolute atomic E-state index is 13.9. The molecule has 5 aromatic rings. The number of pyridine rings is 1. The minimum atomic E-state index is -0.100. The number of aromatic amines is 1. The number of H-pyrrole nitrogens is 1. The molecule has 5 rings (SSSR count). The monoisotopic (exact) mass is 507 g/mol. The first-order valence-electron chi connectivity index (χ1n) is 12.6. The highest BCUT2D eigenvalue weighted by Crippen LogP contribution is 2.30. The summed E-state index contributed by atoms with van der Waals surface area (Å²) in [6.07, 6.45) is 5.02. The van der Waals surface area contributed by atoms with Crippen LogP contribution >= 0.6 is 0 Å². The average molecular weight is 508 g/mol. The Labute approximate surface area is 220 Å². The number of aromatic nitrogens is 7.